The van der Waals surface area contributed by atoms with Crippen molar-refractivity contribution >= 4 is 51.2 Å². The molecule has 33 heavy (non-hydrogen) atoms. The molecule has 3 aromatic rings. The Hall–Kier alpha value is -4.31. The number of rotatable bonds is 7. The third-order valence-electron chi connectivity index (χ3n) is 4.33. The van der Waals surface area contributed by atoms with Gasteiger partial charge in [0, 0.05) is 27.9 Å². The molecule has 9 nitrogen and oxygen atoms in total. The van der Waals surface area contributed by atoms with Gasteiger partial charge in [0.15, 0.2) is 0 Å². The second-order valence-corrected chi connectivity index (χ2v) is 7.61. The highest BCUT2D eigenvalue weighted by molar-refractivity contribution is 9.10. The van der Waals surface area contributed by atoms with Crippen LogP contribution in [-0.2, 0) is 4.79 Å². The molecule has 0 aliphatic heterocycles. The van der Waals surface area contributed by atoms with Crippen LogP contribution < -0.4 is 15.7 Å². The number of non-ortho nitro benzene ring substituents is 1. The maximum Gasteiger partial charge on any atom is 0.272 e. The maximum atomic E-state index is 13.0. The minimum absolute atomic E-state index is 0.143. The number of carboxylic acids is 1. The number of anilines is 1. The molecule has 0 aromatic heterocycles. The van der Waals surface area contributed by atoms with Gasteiger partial charge in [-0.25, -0.2) is 0 Å². The topological polar surface area (TPSA) is 141 Å². The van der Waals surface area contributed by atoms with Gasteiger partial charge < -0.3 is 20.5 Å². The van der Waals surface area contributed by atoms with Crippen molar-refractivity contribution in [1.82, 2.24) is 5.32 Å². The summed E-state index contributed by atoms with van der Waals surface area (Å²) in [6, 6.07) is 17.4. The van der Waals surface area contributed by atoms with Crippen molar-refractivity contribution in [3.05, 3.63) is 110 Å². The van der Waals surface area contributed by atoms with Crippen LogP contribution in [0.3, 0.4) is 0 Å². The van der Waals surface area contributed by atoms with Gasteiger partial charge in [0.1, 0.15) is 5.70 Å². The Kier molecular flexibility index (Phi) is 7.31. The fourth-order valence-corrected chi connectivity index (χ4v) is 3.20. The van der Waals surface area contributed by atoms with Crippen molar-refractivity contribution in [2.24, 2.45) is 0 Å². The van der Waals surface area contributed by atoms with Crippen LogP contribution in [0.2, 0.25) is 0 Å². The predicted molar refractivity (Wildman–Crippen MR) is 122 cm³/mol. The number of hydrogen-bond acceptors (Lipinski definition) is 6. The van der Waals surface area contributed by atoms with E-state index in [9.17, 15) is 29.6 Å². The standard InChI is InChI=1S/C23H16BrN3O6/c24-17-7-2-5-15(12-17)21(28)26-20(11-14-4-1-9-19(10-14)27(32)33)22(29)25-18-8-3-6-16(13-18)23(30)31/h1-13H,(H,25,29)(H,26,28)(H,30,31)/p-1/b20-11-. The molecule has 0 atom stereocenters. The zero-order valence-electron chi connectivity index (χ0n) is 16.8. The Balaban J connectivity index is 1.95. The van der Waals surface area contributed by atoms with E-state index in [1.165, 1.54) is 54.6 Å². The molecule has 0 unspecified atom stereocenters. The summed E-state index contributed by atoms with van der Waals surface area (Å²) in [5, 5.41) is 27.2. The largest absolute Gasteiger partial charge is 0.545 e. The van der Waals surface area contributed by atoms with Gasteiger partial charge in [-0.3, -0.25) is 19.7 Å². The molecular formula is C23H15BrN3O6-. The van der Waals surface area contributed by atoms with E-state index in [4.69, 9.17) is 0 Å². The van der Waals surface area contributed by atoms with Crippen molar-refractivity contribution in [3.8, 4) is 0 Å². The number of nitro benzene ring substituents is 1. The van der Waals surface area contributed by atoms with Gasteiger partial charge in [-0.05, 0) is 47.5 Å². The quantitative estimate of drug-likeness (QED) is 0.285. The Morgan fingerprint density at radius 2 is 1.61 bits per heavy atom. The lowest BCUT2D eigenvalue weighted by Crippen LogP contribution is -2.31. The summed E-state index contributed by atoms with van der Waals surface area (Å²) in [4.78, 5) is 47.2. The zero-order chi connectivity index (χ0) is 24.0. The Morgan fingerprint density at radius 1 is 0.909 bits per heavy atom. The summed E-state index contributed by atoms with van der Waals surface area (Å²) in [5.41, 5.74) is 0.176. The van der Waals surface area contributed by atoms with E-state index in [1.807, 2.05) is 0 Å². The van der Waals surface area contributed by atoms with Crippen molar-refractivity contribution in [3.63, 3.8) is 0 Å². The molecule has 0 spiro atoms. The molecule has 2 amide bonds. The molecule has 0 aliphatic rings. The molecule has 0 bridgehead atoms. The second kappa shape index (κ2) is 10.3. The molecule has 2 N–H and O–H groups in total. The first-order valence-corrected chi connectivity index (χ1v) is 10.2. The highest BCUT2D eigenvalue weighted by Gasteiger charge is 2.16. The third-order valence-corrected chi connectivity index (χ3v) is 4.82. The molecule has 3 rings (SSSR count). The van der Waals surface area contributed by atoms with Crippen molar-refractivity contribution in [2.75, 3.05) is 5.32 Å². The number of amides is 2. The average Bonchev–Trinajstić information content (AvgIpc) is 2.79. The highest BCUT2D eigenvalue weighted by Crippen LogP contribution is 2.18. The number of nitrogens with zero attached hydrogens (tertiary/aromatic N) is 1. The van der Waals surface area contributed by atoms with Crippen LogP contribution in [0, 0.1) is 10.1 Å². The first kappa shape index (κ1) is 23.4. The number of carbonyl (C=O) groups excluding carboxylic acids is 3. The number of hydrogen-bond donors (Lipinski definition) is 2. The highest BCUT2D eigenvalue weighted by atomic mass is 79.9. The lowest BCUT2D eigenvalue weighted by Gasteiger charge is -2.12. The first-order chi connectivity index (χ1) is 15.7. The van der Waals surface area contributed by atoms with Crippen LogP contribution in [0.1, 0.15) is 26.3 Å². The van der Waals surface area contributed by atoms with E-state index in [1.54, 1.807) is 24.3 Å². The number of aromatic carboxylic acids is 1. The second-order valence-electron chi connectivity index (χ2n) is 6.70. The van der Waals surface area contributed by atoms with Crippen LogP contribution in [0.4, 0.5) is 11.4 Å². The van der Waals surface area contributed by atoms with Crippen LogP contribution >= 0.6 is 15.9 Å². The van der Waals surface area contributed by atoms with E-state index in [0.717, 1.165) is 0 Å². The summed E-state index contributed by atoms with van der Waals surface area (Å²) in [7, 11) is 0. The normalized spacial score (nSPS) is 10.9. The number of carboxylic acid groups (broad SMARTS) is 1. The van der Waals surface area contributed by atoms with Gasteiger partial charge in [0.25, 0.3) is 17.5 Å². The number of nitro groups is 1. The summed E-state index contributed by atoms with van der Waals surface area (Å²) in [5.74, 6) is -2.77. The van der Waals surface area contributed by atoms with Gasteiger partial charge in [-0.15, -0.1) is 0 Å². The minimum atomic E-state index is -1.42. The Bertz CT molecular complexity index is 1290. The van der Waals surface area contributed by atoms with Crippen LogP contribution in [-0.4, -0.2) is 22.7 Å². The van der Waals surface area contributed by atoms with Crippen LogP contribution in [0.5, 0.6) is 0 Å². The van der Waals surface area contributed by atoms with Gasteiger partial charge in [0.2, 0.25) is 0 Å². The van der Waals surface area contributed by atoms with E-state index in [2.05, 4.69) is 26.6 Å². The molecule has 0 aliphatic carbocycles. The van der Waals surface area contributed by atoms with E-state index in [0.29, 0.717) is 10.0 Å². The summed E-state index contributed by atoms with van der Waals surface area (Å²) in [6.45, 7) is 0. The predicted octanol–water partition coefficient (Wildman–Crippen LogP) is 3.13. The minimum Gasteiger partial charge on any atom is -0.545 e. The van der Waals surface area contributed by atoms with Gasteiger partial charge in [-0.2, -0.15) is 0 Å². The molecule has 0 saturated heterocycles. The average molecular weight is 509 g/mol. The SMILES string of the molecule is O=C(Nc1cccc(C(=O)[O-])c1)/C(=C/c1cccc([N+](=O)[O-])c1)NC(=O)c1cccc(Br)c1. The lowest BCUT2D eigenvalue weighted by atomic mass is 10.1. The number of carbonyl (C=O) groups is 3. The molecule has 166 valence electrons. The van der Waals surface area contributed by atoms with Crippen molar-refractivity contribution < 1.29 is 24.4 Å². The molecule has 3 aromatic carbocycles. The molecule has 0 heterocycles. The van der Waals surface area contributed by atoms with Crippen LogP contribution in [0.15, 0.2) is 83.0 Å². The molecule has 0 fully saturated rings. The molecule has 10 heteroatoms. The fraction of sp³-hybridized carbons (Fsp3) is 0. The van der Waals surface area contributed by atoms with Gasteiger partial charge in [-0.1, -0.05) is 46.3 Å². The van der Waals surface area contributed by atoms with E-state index < -0.39 is 22.7 Å². The molecule has 0 saturated carbocycles. The lowest BCUT2D eigenvalue weighted by molar-refractivity contribution is -0.384. The first-order valence-electron chi connectivity index (χ1n) is 9.39. The number of benzene rings is 3. The van der Waals surface area contributed by atoms with Crippen LogP contribution in [0.25, 0.3) is 6.08 Å². The summed E-state index contributed by atoms with van der Waals surface area (Å²) in [6.07, 6.45) is 1.28. The zero-order valence-corrected chi connectivity index (χ0v) is 18.4. The number of nitrogens with one attached hydrogen (secondary N) is 2. The Labute approximate surface area is 196 Å². The summed E-state index contributed by atoms with van der Waals surface area (Å²) < 4.78 is 0.655. The van der Waals surface area contributed by atoms with E-state index in [-0.39, 0.29) is 28.2 Å². The van der Waals surface area contributed by atoms with Crippen molar-refractivity contribution in [1.29, 1.82) is 0 Å². The monoisotopic (exact) mass is 508 g/mol. The maximum absolute atomic E-state index is 13.0. The summed E-state index contributed by atoms with van der Waals surface area (Å²) >= 11 is 3.27. The Morgan fingerprint density at radius 3 is 2.30 bits per heavy atom. The van der Waals surface area contributed by atoms with Crippen molar-refractivity contribution in [2.45, 2.75) is 0 Å². The fourth-order valence-electron chi connectivity index (χ4n) is 2.80. The van der Waals surface area contributed by atoms with E-state index >= 15 is 0 Å². The van der Waals surface area contributed by atoms with Gasteiger partial charge >= 0.3 is 0 Å². The number of halogens is 1. The third kappa shape index (κ3) is 6.34. The van der Waals surface area contributed by atoms with Gasteiger partial charge in [0.05, 0.1) is 10.9 Å². The molecular weight excluding hydrogens is 494 g/mol. The smallest absolute Gasteiger partial charge is 0.272 e. The molecule has 0 radical (unpaired) electrons.